The van der Waals surface area contributed by atoms with Gasteiger partial charge in [-0.05, 0) is 36.8 Å². The molecule has 0 spiro atoms. The summed E-state index contributed by atoms with van der Waals surface area (Å²) in [5.74, 6) is 0.440. The molecule has 20 heavy (non-hydrogen) atoms. The van der Waals surface area contributed by atoms with Crippen molar-refractivity contribution >= 4 is 5.91 Å². The number of aryl methyl sites for hydroxylation is 1. The van der Waals surface area contributed by atoms with E-state index in [4.69, 9.17) is 4.74 Å². The van der Waals surface area contributed by atoms with Gasteiger partial charge in [-0.3, -0.25) is 9.59 Å². The third-order valence-corrected chi connectivity index (χ3v) is 4.20. The molecule has 1 fully saturated rings. The van der Waals surface area contributed by atoms with Gasteiger partial charge in [-0.15, -0.1) is 0 Å². The monoisotopic (exact) mass is 276 g/mol. The lowest BCUT2D eigenvalue weighted by molar-refractivity contribution is 0.0301. The second-order valence-electron chi connectivity index (χ2n) is 5.77. The maximum absolute atomic E-state index is 12.4. The lowest BCUT2D eigenvalue weighted by Crippen LogP contribution is -2.42. The van der Waals surface area contributed by atoms with Crippen LogP contribution in [0.25, 0.3) is 0 Å². The molecule has 2 aliphatic rings. The van der Waals surface area contributed by atoms with Crippen LogP contribution in [-0.4, -0.2) is 42.1 Å². The maximum Gasteiger partial charge on any atom is 0.261 e. The Hall–Kier alpha value is -1.62. The van der Waals surface area contributed by atoms with E-state index in [0.717, 1.165) is 30.5 Å². The number of H-pyrrole nitrogens is 1. The lowest BCUT2D eigenvalue weighted by Gasteiger charge is -2.27. The van der Waals surface area contributed by atoms with Gasteiger partial charge in [-0.2, -0.15) is 0 Å². The Labute approximate surface area is 117 Å². The van der Waals surface area contributed by atoms with Crippen LogP contribution in [-0.2, 0) is 17.6 Å². The number of hydrogen-bond acceptors (Lipinski definition) is 3. The van der Waals surface area contributed by atoms with Crippen molar-refractivity contribution in [2.45, 2.75) is 26.2 Å². The second-order valence-corrected chi connectivity index (χ2v) is 5.77. The Morgan fingerprint density at radius 1 is 1.40 bits per heavy atom. The minimum Gasteiger partial charge on any atom is -0.378 e. The van der Waals surface area contributed by atoms with Gasteiger partial charge in [0.25, 0.3) is 11.5 Å². The summed E-state index contributed by atoms with van der Waals surface area (Å²) >= 11 is 0. The predicted molar refractivity (Wildman–Crippen MR) is 75.0 cm³/mol. The molecule has 0 saturated carbocycles. The zero-order chi connectivity index (χ0) is 14.1. The summed E-state index contributed by atoms with van der Waals surface area (Å²) < 4.78 is 5.24. The van der Waals surface area contributed by atoms with Crippen molar-refractivity contribution in [1.29, 1.82) is 0 Å². The number of rotatable bonds is 1. The number of carbonyl (C=O) groups is 1. The molecule has 1 N–H and O–H groups in total. The van der Waals surface area contributed by atoms with Gasteiger partial charge in [-0.25, -0.2) is 0 Å². The fraction of sp³-hybridized carbons (Fsp3) is 0.600. The highest BCUT2D eigenvalue weighted by molar-refractivity contribution is 5.94. The third kappa shape index (κ3) is 2.50. The van der Waals surface area contributed by atoms with E-state index in [-0.39, 0.29) is 17.0 Å². The van der Waals surface area contributed by atoms with Crippen LogP contribution in [0, 0.1) is 5.92 Å². The molecule has 5 nitrogen and oxygen atoms in total. The van der Waals surface area contributed by atoms with E-state index in [1.54, 1.807) is 4.90 Å². The summed E-state index contributed by atoms with van der Waals surface area (Å²) in [5, 5.41) is 0. The van der Waals surface area contributed by atoms with E-state index < -0.39 is 0 Å². The van der Waals surface area contributed by atoms with Crippen LogP contribution in [0.4, 0.5) is 0 Å². The average Bonchev–Trinajstić information content (AvgIpc) is 2.47. The molecule has 0 radical (unpaired) electrons. The van der Waals surface area contributed by atoms with Crippen LogP contribution in [0.3, 0.4) is 0 Å². The summed E-state index contributed by atoms with van der Waals surface area (Å²) in [6.07, 6.45) is 2.94. The highest BCUT2D eigenvalue weighted by Crippen LogP contribution is 2.23. The van der Waals surface area contributed by atoms with Crippen molar-refractivity contribution in [3.05, 3.63) is 33.2 Å². The molecule has 0 aromatic carbocycles. The summed E-state index contributed by atoms with van der Waals surface area (Å²) in [6.45, 7) is 4.42. The molecule has 1 aromatic heterocycles. The van der Waals surface area contributed by atoms with Gasteiger partial charge in [0.2, 0.25) is 0 Å². The summed E-state index contributed by atoms with van der Waals surface area (Å²) in [7, 11) is 0. The molecule has 3 rings (SSSR count). The van der Waals surface area contributed by atoms with E-state index in [1.807, 2.05) is 6.07 Å². The topological polar surface area (TPSA) is 62.4 Å². The minimum absolute atomic E-state index is 0.171. The van der Waals surface area contributed by atoms with Crippen LogP contribution in [0.5, 0.6) is 0 Å². The van der Waals surface area contributed by atoms with Crippen molar-refractivity contribution in [3.63, 3.8) is 0 Å². The number of amides is 1. The van der Waals surface area contributed by atoms with Gasteiger partial charge in [0.05, 0.1) is 13.2 Å². The van der Waals surface area contributed by atoms with Crippen LogP contribution in [0.1, 0.15) is 35.0 Å². The molecule has 1 aliphatic heterocycles. The number of pyridine rings is 1. The smallest absolute Gasteiger partial charge is 0.261 e. The Morgan fingerprint density at radius 2 is 2.15 bits per heavy atom. The maximum atomic E-state index is 12.4. The first-order valence-electron chi connectivity index (χ1n) is 7.27. The number of nitrogens with one attached hydrogen (secondary N) is 1. The highest BCUT2D eigenvalue weighted by Gasteiger charge is 2.24. The molecular formula is C15H20N2O3. The number of aromatic nitrogens is 1. The average molecular weight is 276 g/mol. The highest BCUT2D eigenvalue weighted by atomic mass is 16.5. The SMILES string of the molecule is C[C@@H]1CCc2[nH]c(=O)c(C(=O)N3CCOCC3)cc2C1. The Balaban J connectivity index is 1.91. The van der Waals surface area contributed by atoms with E-state index in [9.17, 15) is 9.59 Å². The standard InChI is InChI=1S/C15H20N2O3/c1-10-2-3-13-11(8-10)9-12(14(18)16-13)15(19)17-4-6-20-7-5-17/h9-10H,2-8H2,1H3,(H,16,18)/t10-/m1/s1. The summed E-state index contributed by atoms with van der Waals surface area (Å²) in [4.78, 5) is 29.2. The first-order valence-corrected chi connectivity index (χ1v) is 7.27. The first-order chi connectivity index (χ1) is 9.65. The molecule has 1 atom stereocenters. The third-order valence-electron chi connectivity index (χ3n) is 4.20. The van der Waals surface area contributed by atoms with E-state index >= 15 is 0 Å². The van der Waals surface area contributed by atoms with Crippen LogP contribution >= 0.6 is 0 Å². The van der Waals surface area contributed by atoms with Crippen LogP contribution in [0.2, 0.25) is 0 Å². The Morgan fingerprint density at radius 3 is 2.90 bits per heavy atom. The van der Waals surface area contributed by atoms with Gasteiger partial charge in [0.15, 0.2) is 0 Å². The van der Waals surface area contributed by atoms with Crippen molar-refractivity contribution in [2.24, 2.45) is 5.92 Å². The van der Waals surface area contributed by atoms with Gasteiger partial charge >= 0.3 is 0 Å². The lowest BCUT2D eigenvalue weighted by atomic mass is 9.87. The summed E-state index contributed by atoms with van der Waals surface area (Å²) in [5.41, 5.74) is 2.15. The van der Waals surface area contributed by atoms with E-state index in [0.29, 0.717) is 32.2 Å². The molecule has 1 amide bonds. The number of morpholine rings is 1. The van der Waals surface area contributed by atoms with E-state index in [1.165, 1.54) is 0 Å². The van der Waals surface area contributed by atoms with Gasteiger partial charge < -0.3 is 14.6 Å². The molecule has 1 aromatic rings. The fourth-order valence-corrected chi connectivity index (χ4v) is 2.98. The number of hydrogen-bond donors (Lipinski definition) is 1. The molecule has 0 bridgehead atoms. The van der Waals surface area contributed by atoms with Crippen molar-refractivity contribution in [3.8, 4) is 0 Å². The van der Waals surface area contributed by atoms with Crippen molar-refractivity contribution in [1.82, 2.24) is 9.88 Å². The zero-order valence-corrected chi connectivity index (χ0v) is 11.8. The Kier molecular flexibility index (Phi) is 3.61. The first kappa shape index (κ1) is 13.4. The van der Waals surface area contributed by atoms with Crippen molar-refractivity contribution in [2.75, 3.05) is 26.3 Å². The molecule has 1 saturated heterocycles. The zero-order valence-electron chi connectivity index (χ0n) is 11.8. The van der Waals surface area contributed by atoms with Gasteiger partial charge in [0, 0.05) is 18.8 Å². The molecule has 2 heterocycles. The predicted octanol–water partition coefficient (Wildman–Crippen LogP) is 0.972. The molecule has 108 valence electrons. The van der Waals surface area contributed by atoms with Crippen molar-refractivity contribution < 1.29 is 9.53 Å². The largest absolute Gasteiger partial charge is 0.378 e. The second kappa shape index (κ2) is 5.40. The normalized spacial score (nSPS) is 22.4. The number of fused-ring (bicyclic) bond motifs is 1. The quantitative estimate of drug-likeness (QED) is 0.831. The Bertz CT molecular complexity index is 573. The number of carbonyl (C=O) groups excluding carboxylic acids is 1. The fourth-order valence-electron chi connectivity index (χ4n) is 2.98. The number of ether oxygens (including phenoxy) is 1. The number of aromatic amines is 1. The van der Waals surface area contributed by atoms with Gasteiger partial charge in [-0.1, -0.05) is 6.92 Å². The van der Waals surface area contributed by atoms with Gasteiger partial charge in [0.1, 0.15) is 5.56 Å². The number of nitrogens with zero attached hydrogens (tertiary/aromatic N) is 1. The van der Waals surface area contributed by atoms with Crippen LogP contribution < -0.4 is 5.56 Å². The van der Waals surface area contributed by atoms with E-state index in [2.05, 4.69) is 11.9 Å². The molecule has 1 aliphatic carbocycles. The minimum atomic E-state index is -0.255. The molecule has 0 unspecified atom stereocenters. The molecule has 5 heteroatoms. The van der Waals surface area contributed by atoms with Crippen LogP contribution in [0.15, 0.2) is 10.9 Å². The molecular weight excluding hydrogens is 256 g/mol. The summed E-state index contributed by atoms with van der Waals surface area (Å²) in [6, 6.07) is 1.81.